The van der Waals surface area contributed by atoms with E-state index in [9.17, 15) is 0 Å². The zero-order chi connectivity index (χ0) is 14.8. The van der Waals surface area contributed by atoms with Crippen LogP contribution < -0.4 is 10.6 Å². The van der Waals surface area contributed by atoms with Gasteiger partial charge in [0.1, 0.15) is 11.5 Å². The number of nitrogens with zero attached hydrogens (tertiary/aromatic N) is 1. The number of fused-ring (bicyclic) bond motifs is 1. The van der Waals surface area contributed by atoms with Crippen LogP contribution in [0.15, 0.2) is 35.2 Å². The van der Waals surface area contributed by atoms with Crippen LogP contribution in [-0.2, 0) is 4.74 Å². The number of nitrogens with one attached hydrogen (secondary N) is 1. The van der Waals surface area contributed by atoms with Crippen LogP contribution in [0.5, 0.6) is 0 Å². The van der Waals surface area contributed by atoms with Crippen molar-refractivity contribution in [1.29, 1.82) is 0 Å². The summed E-state index contributed by atoms with van der Waals surface area (Å²) >= 11 is 0. The van der Waals surface area contributed by atoms with E-state index in [4.69, 9.17) is 9.15 Å². The first-order valence-corrected chi connectivity index (χ1v) is 8.05. The molecular weight excluding hydrogens is 276 g/mol. The number of hydrogen-bond donors (Lipinski definition) is 1. The van der Waals surface area contributed by atoms with E-state index in [1.165, 1.54) is 19.3 Å². The highest BCUT2D eigenvalue weighted by Crippen LogP contribution is 2.24. The Labute approximate surface area is 129 Å². The summed E-state index contributed by atoms with van der Waals surface area (Å²) in [5.74, 6) is 1.02. The van der Waals surface area contributed by atoms with Crippen molar-refractivity contribution in [2.75, 3.05) is 0 Å². The van der Waals surface area contributed by atoms with Crippen molar-refractivity contribution in [2.45, 2.75) is 44.6 Å². The molecule has 0 amide bonds. The van der Waals surface area contributed by atoms with E-state index in [1.807, 2.05) is 6.07 Å². The standard InChI is InChI=1S/C18H20N2O2/c1-2-6-14(7-3-1)22-16-9-5-4-8-15-17(16)18(20-19-15)13-10-11-21-12-13/h4-5,8,10-12,14,19H,1-3,6-7,9H2. The second-order valence-corrected chi connectivity index (χ2v) is 5.97. The fraction of sp³-hybridized carbons (Fsp3) is 0.389. The van der Waals surface area contributed by atoms with Crippen molar-refractivity contribution in [2.24, 2.45) is 0 Å². The van der Waals surface area contributed by atoms with E-state index >= 15 is 0 Å². The predicted octanol–water partition coefficient (Wildman–Crippen LogP) is 2.87. The lowest BCUT2D eigenvalue weighted by atomic mass is 9.97. The molecule has 114 valence electrons. The van der Waals surface area contributed by atoms with Gasteiger partial charge in [0, 0.05) is 12.0 Å². The highest BCUT2D eigenvalue weighted by Gasteiger charge is 2.19. The number of ether oxygens (including phenoxy) is 1. The highest BCUT2D eigenvalue weighted by molar-refractivity contribution is 5.63. The molecule has 4 nitrogen and oxygen atoms in total. The Morgan fingerprint density at radius 1 is 1.23 bits per heavy atom. The van der Waals surface area contributed by atoms with Gasteiger partial charge in [0.05, 0.1) is 29.2 Å². The van der Waals surface area contributed by atoms with Crippen molar-refractivity contribution < 1.29 is 9.15 Å². The van der Waals surface area contributed by atoms with Crippen LogP contribution in [-0.4, -0.2) is 16.3 Å². The van der Waals surface area contributed by atoms with Crippen molar-refractivity contribution in [1.82, 2.24) is 10.2 Å². The molecule has 1 saturated carbocycles. The Morgan fingerprint density at radius 3 is 2.95 bits per heavy atom. The van der Waals surface area contributed by atoms with E-state index in [-0.39, 0.29) is 0 Å². The number of hydrogen-bond acceptors (Lipinski definition) is 3. The summed E-state index contributed by atoms with van der Waals surface area (Å²) in [5, 5.41) is 9.69. The molecular formula is C18H20N2O2. The summed E-state index contributed by atoms with van der Waals surface area (Å²) < 4.78 is 11.6. The molecule has 0 radical (unpaired) electrons. The van der Waals surface area contributed by atoms with Crippen LogP contribution in [0.2, 0.25) is 0 Å². The topological polar surface area (TPSA) is 51.1 Å². The SMILES string of the molecule is C1=CCC(OC2CCCCC2)=c2c(-c3ccoc3)n[nH]c2=C1. The molecule has 4 rings (SSSR count). The Bertz CT molecular complexity index is 778. The average molecular weight is 296 g/mol. The van der Waals surface area contributed by atoms with Gasteiger partial charge in [0.25, 0.3) is 0 Å². The molecule has 2 heterocycles. The summed E-state index contributed by atoms with van der Waals surface area (Å²) in [6.45, 7) is 0. The molecule has 2 aromatic rings. The minimum atomic E-state index is 0.343. The molecule has 0 unspecified atom stereocenters. The van der Waals surface area contributed by atoms with Gasteiger partial charge in [-0.2, -0.15) is 5.10 Å². The van der Waals surface area contributed by atoms with Gasteiger partial charge in [-0.05, 0) is 37.8 Å². The Morgan fingerprint density at radius 2 is 2.14 bits per heavy atom. The predicted molar refractivity (Wildman–Crippen MR) is 85.1 cm³/mol. The fourth-order valence-corrected chi connectivity index (χ4v) is 3.30. The maximum Gasteiger partial charge on any atom is 0.112 e. The molecule has 0 aliphatic heterocycles. The molecule has 2 aliphatic rings. The molecule has 4 heteroatoms. The number of rotatable bonds is 3. The fourth-order valence-electron chi connectivity index (χ4n) is 3.30. The average Bonchev–Trinajstić information content (AvgIpc) is 3.17. The van der Waals surface area contributed by atoms with Gasteiger partial charge in [-0.25, -0.2) is 0 Å². The molecule has 0 aromatic carbocycles. The van der Waals surface area contributed by atoms with Crippen LogP contribution in [0.3, 0.4) is 0 Å². The van der Waals surface area contributed by atoms with Gasteiger partial charge in [0.2, 0.25) is 0 Å². The van der Waals surface area contributed by atoms with Crippen LogP contribution >= 0.6 is 0 Å². The number of aromatic amines is 1. The van der Waals surface area contributed by atoms with E-state index in [2.05, 4.69) is 28.4 Å². The van der Waals surface area contributed by atoms with Gasteiger partial charge in [-0.1, -0.05) is 18.6 Å². The summed E-state index contributed by atoms with van der Waals surface area (Å²) in [7, 11) is 0. The van der Waals surface area contributed by atoms with Crippen LogP contribution in [0.1, 0.15) is 38.5 Å². The lowest BCUT2D eigenvalue weighted by Gasteiger charge is -2.24. The normalized spacial score (nSPS) is 18.6. The monoisotopic (exact) mass is 296 g/mol. The van der Waals surface area contributed by atoms with Crippen molar-refractivity contribution in [3.8, 4) is 11.3 Å². The van der Waals surface area contributed by atoms with Crippen molar-refractivity contribution >= 4 is 11.8 Å². The van der Waals surface area contributed by atoms with Gasteiger partial charge in [-0.15, -0.1) is 0 Å². The molecule has 22 heavy (non-hydrogen) atoms. The quantitative estimate of drug-likeness (QED) is 0.947. The maximum atomic E-state index is 6.39. The second kappa shape index (κ2) is 5.87. The maximum absolute atomic E-state index is 6.39. The van der Waals surface area contributed by atoms with E-state index in [0.717, 1.165) is 46.8 Å². The molecule has 2 aliphatic carbocycles. The van der Waals surface area contributed by atoms with Crippen LogP contribution in [0.4, 0.5) is 0 Å². The molecule has 2 aromatic heterocycles. The van der Waals surface area contributed by atoms with E-state index in [1.54, 1.807) is 12.5 Å². The minimum Gasteiger partial charge on any atom is -0.494 e. The lowest BCUT2D eigenvalue weighted by molar-refractivity contribution is 0.118. The molecule has 0 spiro atoms. The number of furan rings is 1. The molecule has 0 atom stereocenters. The summed E-state index contributed by atoms with van der Waals surface area (Å²) in [6.07, 6.45) is 17.0. The van der Waals surface area contributed by atoms with Crippen molar-refractivity contribution in [3.63, 3.8) is 0 Å². The Balaban J connectivity index is 1.81. The molecule has 1 fully saturated rings. The number of allylic oxidation sites excluding steroid dienone is 1. The number of H-pyrrole nitrogens is 1. The third-order valence-electron chi connectivity index (χ3n) is 4.43. The van der Waals surface area contributed by atoms with Crippen LogP contribution in [0.25, 0.3) is 23.1 Å². The highest BCUT2D eigenvalue weighted by atomic mass is 16.5. The summed E-state index contributed by atoms with van der Waals surface area (Å²) in [4.78, 5) is 0. The third-order valence-corrected chi connectivity index (χ3v) is 4.43. The van der Waals surface area contributed by atoms with E-state index < -0.39 is 0 Å². The third kappa shape index (κ3) is 2.49. The smallest absolute Gasteiger partial charge is 0.112 e. The number of aromatic nitrogens is 2. The van der Waals surface area contributed by atoms with Crippen LogP contribution in [0, 0.1) is 0 Å². The largest absolute Gasteiger partial charge is 0.494 e. The first-order chi connectivity index (χ1) is 10.9. The Hall–Kier alpha value is -2.23. The zero-order valence-corrected chi connectivity index (χ0v) is 12.5. The van der Waals surface area contributed by atoms with Gasteiger partial charge >= 0.3 is 0 Å². The summed E-state index contributed by atoms with van der Waals surface area (Å²) in [6, 6.07) is 1.94. The van der Waals surface area contributed by atoms with Gasteiger partial charge in [-0.3, -0.25) is 5.10 Å². The lowest BCUT2D eigenvalue weighted by Crippen LogP contribution is -2.28. The molecule has 0 bridgehead atoms. The first kappa shape index (κ1) is 13.4. The van der Waals surface area contributed by atoms with Crippen molar-refractivity contribution in [3.05, 3.63) is 41.3 Å². The molecule has 1 N–H and O–H groups in total. The summed E-state index contributed by atoms with van der Waals surface area (Å²) in [5.41, 5.74) is 1.90. The molecule has 0 saturated heterocycles. The van der Waals surface area contributed by atoms with Gasteiger partial charge in [0.15, 0.2) is 0 Å². The van der Waals surface area contributed by atoms with E-state index in [0.29, 0.717) is 6.10 Å². The minimum absolute atomic E-state index is 0.343. The first-order valence-electron chi connectivity index (χ1n) is 8.05. The van der Waals surface area contributed by atoms with Gasteiger partial charge < -0.3 is 9.15 Å². The zero-order valence-electron chi connectivity index (χ0n) is 12.5. The Kier molecular flexibility index (Phi) is 3.59. The second-order valence-electron chi connectivity index (χ2n) is 5.97.